The van der Waals surface area contributed by atoms with Crippen molar-refractivity contribution in [3.63, 3.8) is 0 Å². The highest BCUT2D eigenvalue weighted by molar-refractivity contribution is 7.80. The fourth-order valence-corrected chi connectivity index (χ4v) is 1.34. The molecule has 0 amide bonds. The van der Waals surface area contributed by atoms with Gasteiger partial charge in [0.15, 0.2) is 0 Å². The summed E-state index contributed by atoms with van der Waals surface area (Å²) in [5, 5.41) is 7.00. The van der Waals surface area contributed by atoms with Crippen LogP contribution in [0.3, 0.4) is 0 Å². The van der Waals surface area contributed by atoms with Crippen molar-refractivity contribution in [3.8, 4) is 0 Å². The molecule has 1 N–H and O–H groups in total. The average Bonchev–Trinajstić information content (AvgIpc) is 2.22. The van der Waals surface area contributed by atoms with Crippen molar-refractivity contribution in [2.75, 3.05) is 26.2 Å². The topological polar surface area (TPSA) is 86.7 Å². The zero-order valence-electron chi connectivity index (χ0n) is 9.76. The van der Waals surface area contributed by atoms with Gasteiger partial charge in [0, 0.05) is 0 Å². The van der Waals surface area contributed by atoms with Crippen LogP contribution < -0.4 is 0 Å². The van der Waals surface area contributed by atoms with Crippen molar-refractivity contribution in [1.29, 1.82) is 0 Å². The summed E-state index contributed by atoms with van der Waals surface area (Å²) in [4.78, 5) is 0. The predicted molar refractivity (Wildman–Crippen MR) is 55.8 cm³/mol. The molecule has 0 aromatic rings. The molecule has 0 aliphatic rings. The second-order valence-corrected chi connectivity index (χ2v) is 4.05. The zero-order chi connectivity index (χ0) is 12.5. The average molecular weight is 243 g/mol. The minimum absolute atomic E-state index is 1.28. The monoisotopic (exact) mass is 243 g/mol. The minimum Gasteiger partial charge on any atom is -0.724 e. The van der Waals surface area contributed by atoms with Gasteiger partial charge in [-0.25, -0.2) is 13.7 Å². The smallest absolute Gasteiger partial charge is 0.245 e. The van der Waals surface area contributed by atoms with Gasteiger partial charge in [-0.3, -0.25) is 0 Å². The maximum Gasteiger partial charge on any atom is 0.245 e. The highest BCUT2D eigenvalue weighted by Crippen LogP contribution is 2.03. The molecule has 6 nitrogen and oxygen atoms in total. The summed E-state index contributed by atoms with van der Waals surface area (Å²) in [5.41, 5.74) is 0. The van der Waals surface area contributed by atoms with Crippen LogP contribution in [0.1, 0.15) is 27.7 Å². The van der Waals surface area contributed by atoms with E-state index in [2.05, 4.69) is 32.0 Å². The molecule has 7 heteroatoms. The Bertz CT molecular complexity index is 218. The van der Waals surface area contributed by atoms with E-state index in [0.717, 1.165) is 0 Å². The Morgan fingerprint density at radius 3 is 1.27 bits per heavy atom. The van der Waals surface area contributed by atoms with Crippen LogP contribution in [0.15, 0.2) is 0 Å². The van der Waals surface area contributed by atoms with Gasteiger partial charge >= 0.3 is 0 Å². The summed E-state index contributed by atoms with van der Waals surface area (Å²) >= 11 is 0. The Hall–Kier alpha value is -0.210. The molecule has 0 saturated heterocycles. The third kappa shape index (κ3) is 8.76. The van der Waals surface area contributed by atoms with Crippen LogP contribution in [0.4, 0.5) is 0 Å². The van der Waals surface area contributed by atoms with Gasteiger partial charge in [0.2, 0.25) is 10.4 Å². The van der Waals surface area contributed by atoms with Crippen LogP contribution in [-0.4, -0.2) is 48.9 Å². The summed E-state index contributed by atoms with van der Waals surface area (Å²) in [7, 11) is -4.86. The molecule has 0 aliphatic carbocycles. The fourth-order valence-electron chi connectivity index (χ4n) is 1.34. The molecule has 94 valence electrons. The van der Waals surface area contributed by atoms with E-state index >= 15 is 0 Å². The van der Waals surface area contributed by atoms with Gasteiger partial charge in [0.05, 0.1) is 26.2 Å². The van der Waals surface area contributed by atoms with E-state index in [-0.39, 0.29) is 0 Å². The van der Waals surface area contributed by atoms with E-state index in [9.17, 15) is 0 Å². The highest BCUT2D eigenvalue weighted by Gasteiger charge is 2.16. The Balaban J connectivity index is 0. The van der Waals surface area contributed by atoms with Crippen LogP contribution >= 0.6 is 0 Å². The first-order valence-electron chi connectivity index (χ1n) is 4.94. The van der Waals surface area contributed by atoms with Gasteiger partial charge < -0.3 is 9.04 Å². The predicted octanol–water partition coefficient (Wildman–Crippen LogP) is 0.819. The lowest BCUT2D eigenvalue weighted by Crippen LogP contribution is -2.47. The molecule has 0 rings (SSSR count). The molecule has 15 heavy (non-hydrogen) atoms. The summed E-state index contributed by atoms with van der Waals surface area (Å²) < 4.78 is 30.5. The standard InChI is InChI=1S/C8H20N.H2O5S/c1-5-9(6-2,7-3)8-4;1-5-6(2,3)4/h5-8H2,1-4H3;1H,(H,2,3,4)/q+1;/p-1. The van der Waals surface area contributed by atoms with E-state index in [1.165, 1.54) is 30.7 Å². The second-order valence-electron chi connectivity index (χ2n) is 3.09. The van der Waals surface area contributed by atoms with Gasteiger partial charge in [-0.15, -0.1) is 4.33 Å². The zero-order valence-corrected chi connectivity index (χ0v) is 10.6. The normalized spacial score (nSPS) is 11.9. The lowest BCUT2D eigenvalue weighted by Gasteiger charge is -2.34. The van der Waals surface area contributed by atoms with Crippen molar-refractivity contribution >= 4 is 10.4 Å². The molecule has 0 radical (unpaired) electrons. The van der Waals surface area contributed by atoms with Gasteiger partial charge in [-0.05, 0) is 27.7 Å². The first-order valence-corrected chi connectivity index (χ1v) is 6.28. The van der Waals surface area contributed by atoms with Crippen LogP contribution in [0.5, 0.6) is 0 Å². The molecule has 0 heterocycles. The maximum atomic E-state index is 8.97. The molecule has 0 spiro atoms. The number of hydrogen-bond donors (Lipinski definition) is 1. The van der Waals surface area contributed by atoms with Crippen LogP contribution in [0.25, 0.3) is 0 Å². The molecule has 0 saturated carbocycles. The van der Waals surface area contributed by atoms with E-state index in [1.807, 2.05) is 0 Å². The molecular weight excluding hydrogens is 222 g/mol. The van der Waals surface area contributed by atoms with E-state index in [4.69, 9.17) is 18.2 Å². The number of quaternary nitrogens is 1. The molecule has 0 aromatic heterocycles. The molecule has 0 bridgehead atoms. The van der Waals surface area contributed by atoms with Gasteiger partial charge in [0.25, 0.3) is 0 Å². The van der Waals surface area contributed by atoms with E-state index in [0.29, 0.717) is 0 Å². The van der Waals surface area contributed by atoms with Crippen LogP contribution in [0.2, 0.25) is 0 Å². The fraction of sp³-hybridized carbons (Fsp3) is 1.00. The first kappa shape index (κ1) is 17.2. The van der Waals surface area contributed by atoms with Crippen LogP contribution in [0, 0.1) is 0 Å². The molecule has 0 aliphatic heterocycles. The lowest BCUT2D eigenvalue weighted by molar-refractivity contribution is -0.921. The molecule has 0 unspecified atom stereocenters. The summed E-state index contributed by atoms with van der Waals surface area (Å²) in [6.07, 6.45) is 0. The van der Waals surface area contributed by atoms with Crippen molar-refractivity contribution in [2.24, 2.45) is 0 Å². The Morgan fingerprint density at radius 1 is 1.07 bits per heavy atom. The largest absolute Gasteiger partial charge is 0.724 e. The summed E-state index contributed by atoms with van der Waals surface area (Å²) in [5.74, 6) is 0. The van der Waals surface area contributed by atoms with Gasteiger partial charge in [0.1, 0.15) is 0 Å². The Labute approximate surface area is 91.9 Å². The van der Waals surface area contributed by atoms with E-state index in [1.54, 1.807) is 0 Å². The summed E-state index contributed by atoms with van der Waals surface area (Å²) in [6.45, 7) is 14.2. The van der Waals surface area contributed by atoms with Gasteiger partial charge in [-0.1, -0.05) is 0 Å². The first-order chi connectivity index (χ1) is 6.80. The van der Waals surface area contributed by atoms with Crippen molar-refractivity contribution in [3.05, 3.63) is 0 Å². The maximum absolute atomic E-state index is 8.97. The SMILES string of the molecule is CC[N+](CC)(CC)CC.O=S(=O)([O-])OO. The quantitative estimate of drug-likeness (QED) is 0.254. The second kappa shape index (κ2) is 8.00. The number of nitrogens with zero attached hydrogens (tertiary/aromatic N) is 1. The Kier molecular flexibility index (Phi) is 9.17. The highest BCUT2D eigenvalue weighted by atomic mass is 32.3. The van der Waals surface area contributed by atoms with Crippen molar-refractivity contribution in [2.45, 2.75) is 27.7 Å². The molecule has 0 fully saturated rings. The van der Waals surface area contributed by atoms with Gasteiger partial charge in [-0.2, -0.15) is 0 Å². The van der Waals surface area contributed by atoms with E-state index < -0.39 is 10.4 Å². The number of rotatable bonds is 5. The van der Waals surface area contributed by atoms with Crippen LogP contribution in [-0.2, 0) is 14.7 Å². The molecule has 0 aromatic carbocycles. The summed E-state index contributed by atoms with van der Waals surface area (Å²) in [6, 6.07) is 0. The number of hydrogen-bond acceptors (Lipinski definition) is 5. The van der Waals surface area contributed by atoms with Crippen molar-refractivity contribution < 1.29 is 27.0 Å². The Morgan fingerprint density at radius 2 is 1.27 bits per heavy atom. The third-order valence-electron chi connectivity index (χ3n) is 2.77. The minimum atomic E-state index is -4.86. The van der Waals surface area contributed by atoms with Crippen molar-refractivity contribution in [1.82, 2.24) is 0 Å². The third-order valence-corrected chi connectivity index (χ3v) is 2.96. The molecular formula is C8H21NO5S. The molecule has 0 atom stereocenters. The lowest BCUT2D eigenvalue weighted by atomic mass is 10.3.